The molecule has 0 aliphatic rings. The number of hydrogen-bond donors (Lipinski definition) is 1. The lowest BCUT2D eigenvalue weighted by atomic mass is 10.4. The number of halogens is 1. The minimum Gasteiger partial charge on any atom is -0.454 e. The van der Waals surface area contributed by atoms with Gasteiger partial charge in [-0.2, -0.15) is 0 Å². The largest absolute Gasteiger partial charge is 0.454 e. The van der Waals surface area contributed by atoms with Crippen LogP contribution in [0, 0.1) is 0 Å². The van der Waals surface area contributed by atoms with E-state index in [1.807, 2.05) is 19.2 Å². The van der Waals surface area contributed by atoms with Crippen LogP contribution in [0.3, 0.4) is 0 Å². The second kappa shape index (κ2) is 4.94. The summed E-state index contributed by atoms with van der Waals surface area (Å²) in [5.74, 6) is 1.34. The predicted molar refractivity (Wildman–Crippen MR) is 65.8 cm³/mol. The first kappa shape index (κ1) is 10.9. The van der Waals surface area contributed by atoms with Gasteiger partial charge in [-0.05, 0) is 22.0 Å². The van der Waals surface area contributed by atoms with Crippen molar-refractivity contribution in [3.63, 3.8) is 0 Å². The molecule has 0 amide bonds. The minimum atomic E-state index is 0.671. The number of nitrogens with zero attached hydrogens (tertiary/aromatic N) is 2. The van der Waals surface area contributed by atoms with Crippen LogP contribution in [0.1, 0.15) is 0 Å². The summed E-state index contributed by atoms with van der Waals surface area (Å²) in [6.07, 6.45) is 6.74. The van der Waals surface area contributed by atoms with Crippen LogP contribution in [0.25, 0.3) is 0 Å². The zero-order chi connectivity index (χ0) is 11.4. The summed E-state index contributed by atoms with van der Waals surface area (Å²) in [7, 11) is 1.83. The van der Waals surface area contributed by atoms with Gasteiger partial charge < -0.3 is 10.1 Å². The highest BCUT2D eigenvalue weighted by Gasteiger charge is 2.00. The first-order valence-electron chi connectivity index (χ1n) is 4.69. The van der Waals surface area contributed by atoms with Gasteiger partial charge in [0.05, 0.1) is 24.3 Å². The van der Waals surface area contributed by atoms with Crippen molar-refractivity contribution in [3.8, 4) is 11.5 Å². The highest BCUT2D eigenvalue weighted by atomic mass is 79.9. The maximum Gasteiger partial charge on any atom is 0.147 e. The molecular weight excluding hydrogens is 270 g/mol. The third-order valence-electron chi connectivity index (χ3n) is 1.92. The van der Waals surface area contributed by atoms with E-state index in [2.05, 4.69) is 31.2 Å². The number of nitrogens with one attached hydrogen (secondary N) is 1. The molecule has 1 N–H and O–H groups in total. The average molecular weight is 280 g/mol. The normalized spacial score (nSPS) is 9.88. The first-order valence-corrected chi connectivity index (χ1v) is 5.48. The summed E-state index contributed by atoms with van der Waals surface area (Å²) in [4.78, 5) is 8.07. The lowest BCUT2D eigenvalue weighted by molar-refractivity contribution is 0.478. The van der Waals surface area contributed by atoms with Crippen molar-refractivity contribution in [2.24, 2.45) is 0 Å². The topological polar surface area (TPSA) is 47.0 Å². The highest BCUT2D eigenvalue weighted by Crippen LogP contribution is 2.24. The van der Waals surface area contributed by atoms with E-state index in [1.54, 1.807) is 24.8 Å². The summed E-state index contributed by atoms with van der Waals surface area (Å²) >= 11 is 3.33. The Labute approximate surface area is 102 Å². The van der Waals surface area contributed by atoms with Crippen molar-refractivity contribution in [1.29, 1.82) is 0 Å². The Morgan fingerprint density at radius 3 is 2.44 bits per heavy atom. The number of anilines is 1. The molecule has 0 fully saturated rings. The lowest BCUT2D eigenvalue weighted by Crippen LogP contribution is -1.91. The van der Waals surface area contributed by atoms with E-state index in [0.29, 0.717) is 11.5 Å². The van der Waals surface area contributed by atoms with Crippen LogP contribution in [0.4, 0.5) is 5.69 Å². The summed E-state index contributed by atoms with van der Waals surface area (Å²) in [5, 5.41) is 3.00. The SMILES string of the molecule is CNc1cncc(Oc2cncc(Br)c2)c1. The van der Waals surface area contributed by atoms with E-state index >= 15 is 0 Å². The van der Waals surface area contributed by atoms with Gasteiger partial charge in [-0.25, -0.2) is 0 Å². The van der Waals surface area contributed by atoms with Gasteiger partial charge in [0.1, 0.15) is 11.5 Å². The monoisotopic (exact) mass is 279 g/mol. The van der Waals surface area contributed by atoms with Crippen LogP contribution in [0.2, 0.25) is 0 Å². The molecule has 0 atom stereocenters. The fourth-order valence-corrected chi connectivity index (χ4v) is 1.54. The molecule has 0 spiro atoms. The van der Waals surface area contributed by atoms with Crippen molar-refractivity contribution in [2.45, 2.75) is 0 Å². The first-order chi connectivity index (χ1) is 7.78. The van der Waals surface area contributed by atoms with Gasteiger partial charge in [0, 0.05) is 23.8 Å². The van der Waals surface area contributed by atoms with Crippen LogP contribution in [0.15, 0.2) is 41.4 Å². The van der Waals surface area contributed by atoms with E-state index in [9.17, 15) is 0 Å². The fourth-order valence-electron chi connectivity index (χ4n) is 1.20. The van der Waals surface area contributed by atoms with E-state index in [-0.39, 0.29) is 0 Å². The van der Waals surface area contributed by atoms with E-state index in [1.165, 1.54) is 0 Å². The number of rotatable bonds is 3. The van der Waals surface area contributed by atoms with Crippen LogP contribution < -0.4 is 10.1 Å². The average Bonchev–Trinajstić information content (AvgIpc) is 2.29. The summed E-state index contributed by atoms with van der Waals surface area (Å²) < 4.78 is 6.48. The van der Waals surface area contributed by atoms with Crippen molar-refractivity contribution in [1.82, 2.24) is 9.97 Å². The fraction of sp³-hybridized carbons (Fsp3) is 0.0909. The Balaban J connectivity index is 2.20. The molecule has 0 saturated heterocycles. The van der Waals surface area contributed by atoms with Crippen LogP contribution in [0.5, 0.6) is 11.5 Å². The van der Waals surface area contributed by atoms with Gasteiger partial charge in [-0.1, -0.05) is 0 Å². The number of pyridine rings is 2. The van der Waals surface area contributed by atoms with E-state index in [4.69, 9.17) is 4.74 Å². The zero-order valence-corrected chi connectivity index (χ0v) is 10.2. The van der Waals surface area contributed by atoms with E-state index < -0.39 is 0 Å². The lowest BCUT2D eigenvalue weighted by Gasteiger charge is -2.06. The zero-order valence-electron chi connectivity index (χ0n) is 8.64. The molecule has 0 radical (unpaired) electrons. The molecule has 0 saturated carbocycles. The van der Waals surface area contributed by atoms with Crippen molar-refractivity contribution in [2.75, 3.05) is 12.4 Å². The van der Waals surface area contributed by atoms with Gasteiger partial charge in [0.25, 0.3) is 0 Å². The third kappa shape index (κ3) is 2.70. The molecule has 2 aromatic rings. The summed E-state index contributed by atoms with van der Waals surface area (Å²) in [5.41, 5.74) is 0.903. The molecule has 16 heavy (non-hydrogen) atoms. The molecule has 2 aromatic heterocycles. The Bertz CT molecular complexity index is 490. The third-order valence-corrected chi connectivity index (χ3v) is 2.35. The van der Waals surface area contributed by atoms with Crippen molar-refractivity contribution < 1.29 is 4.74 Å². The second-order valence-corrected chi connectivity index (χ2v) is 4.02. The molecule has 82 valence electrons. The Hall–Kier alpha value is -1.62. The molecule has 0 aliphatic carbocycles. The maximum atomic E-state index is 5.61. The van der Waals surface area contributed by atoms with Crippen LogP contribution >= 0.6 is 15.9 Å². The number of hydrogen-bond acceptors (Lipinski definition) is 4. The van der Waals surface area contributed by atoms with Crippen molar-refractivity contribution in [3.05, 3.63) is 41.4 Å². The number of aromatic nitrogens is 2. The molecule has 4 nitrogen and oxygen atoms in total. The van der Waals surface area contributed by atoms with Gasteiger partial charge in [-0.3, -0.25) is 9.97 Å². The van der Waals surface area contributed by atoms with Gasteiger partial charge in [0.15, 0.2) is 0 Å². The minimum absolute atomic E-state index is 0.671. The molecule has 0 aliphatic heterocycles. The second-order valence-electron chi connectivity index (χ2n) is 3.10. The Morgan fingerprint density at radius 2 is 1.75 bits per heavy atom. The van der Waals surface area contributed by atoms with Gasteiger partial charge in [-0.15, -0.1) is 0 Å². The van der Waals surface area contributed by atoms with Gasteiger partial charge >= 0.3 is 0 Å². The van der Waals surface area contributed by atoms with Crippen molar-refractivity contribution >= 4 is 21.6 Å². The van der Waals surface area contributed by atoms with Gasteiger partial charge in [0.2, 0.25) is 0 Å². The molecule has 2 heterocycles. The van der Waals surface area contributed by atoms with E-state index in [0.717, 1.165) is 10.2 Å². The molecule has 0 aromatic carbocycles. The number of ether oxygens (including phenoxy) is 1. The summed E-state index contributed by atoms with van der Waals surface area (Å²) in [6.45, 7) is 0. The Kier molecular flexibility index (Phi) is 3.36. The maximum absolute atomic E-state index is 5.61. The molecule has 0 unspecified atom stereocenters. The van der Waals surface area contributed by atoms with Crippen LogP contribution in [-0.2, 0) is 0 Å². The molecule has 5 heteroatoms. The molecule has 2 rings (SSSR count). The highest BCUT2D eigenvalue weighted by molar-refractivity contribution is 9.10. The summed E-state index contributed by atoms with van der Waals surface area (Å²) in [6, 6.07) is 3.72. The predicted octanol–water partition coefficient (Wildman–Crippen LogP) is 3.07. The molecule has 0 bridgehead atoms. The quantitative estimate of drug-likeness (QED) is 0.938. The molecular formula is C11H10BrN3O. The standard InChI is InChI=1S/C11H10BrN3O/c1-13-9-3-11(7-15-5-9)16-10-2-8(12)4-14-6-10/h2-7,13H,1H3. The smallest absolute Gasteiger partial charge is 0.147 e. The van der Waals surface area contributed by atoms with Crippen LogP contribution in [-0.4, -0.2) is 17.0 Å². The Morgan fingerprint density at radius 1 is 1.06 bits per heavy atom.